The summed E-state index contributed by atoms with van der Waals surface area (Å²) >= 11 is 12.2. The second-order valence-corrected chi connectivity index (χ2v) is 10.1. The number of hydrogen-bond donors (Lipinski definition) is 2. The third-order valence-corrected chi connectivity index (χ3v) is 7.14. The van der Waals surface area contributed by atoms with E-state index in [0.717, 1.165) is 12.1 Å². The Bertz CT molecular complexity index is 1520. The molecule has 36 heavy (non-hydrogen) atoms. The molecule has 190 valence electrons. The van der Waals surface area contributed by atoms with Crippen molar-refractivity contribution in [3.63, 3.8) is 0 Å². The van der Waals surface area contributed by atoms with Gasteiger partial charge < -0.3 is 14.5 Å². The van der Waals surface area contributed by atoms with Gasteiger partial charge >= 0.3 is 5.97 Å². The Morgan fingerprint density at radius 2 is 2.03 bits per heavy atom. The zero-order valence-corrected chi connectivity index (χ0v) is 21.1. The summed E-state index contributed by atoms with van der Waals surface area (Å²) in [6.45, 7) is 0.190. The van der Waals surface area contributed by atoms with E-state index in [2.05, 4.69) is 24.8 Å². The molecule has 0 spiro atoms. The first-order valence-corrected chi connectivity index (χ1v) is 12.8. The van der Waals surface area contributed by atoms with Crippen molar-refractivity contribution in [2.75, 3.05) is 18.4 Å². The lowest BCUT2D eigenvalue weighted by atomic mass is 10.2. The third-order valence-electron chi connectivity index (χ3n) is 5.12. The molecule has 0 bridgehead atoms. The van der Waals surface area contributed by atoms with Crippen LogP contribution in [0.3, 0.4) is 0 Å². The zero-order chi connectivity index (χ0) is 25.9. The van der Waals surface area contributed by atoms with Gasteiger partial charge in [-0.05, 0) is 37.1 Å². The van der Waals surface area contributed by atoms with Crippen LogP contribution in [-0.2, 0) is 32.5 Å². The average molecular weight is 556 g/mol. The minimum atomic E-state index is -4.26. The molecule has 0 aliphatic carbocycles. The lowest BCUT2D eigenvalue weighted by Crippen LogP contribution is -2.15. The van der Waals surface area contributed by atoms with Gasteiger partial charge in [-0.2, -0.15) is 0 Å². The number of esters is 1. The number of sulfonamides is 1. The fraction of sp³-hybridized carbons (Fsp3) is 0.227. The molecular weight excluding hydrogens is 536 g/mol. The molecule has 0 aliphatic rings. The third kappa shape index (κ3) is 5.72. The Hall–Kier alpha value is -3.35. The predicted octanol–water partition coefficient (Wildman–Crippen LogP) is 4.19. The molecule has 0 unspecified atom stereocenters. The SMILES string of the molecule is COC(=O)Cn1cc(CCCOc2ccc(S(=O)(=O)Nc3ccc(Cl)c4c(Cl)c[nH]c34)c(F)c2)nn1. The van der Waals surface area contributed by atoms with Gasteiger partial charge in [0, 0.05) is 23.8 Å². The standard InChI is InChI=1S/C22H20Cl2FN5O5S/c1-34-20(31)12-30-11-13(27-29-30)3-2-8-35-14-4-7-19(17(25)9-14)36(32,33)28-18-6-5-15(23)21-16(24)10-26-22(18)21/h4-7,9-11,26,28H,2-3,8,12H2,1H3. The maximum Gasteiger partial charge on any atom is 0.327 e. The van der Waals surface area contributed by atoms with Crippen molar-refractivity contribution >= 4 is 55.8 Å². The van der Waals surface area contributed by atoms with Gasteiger partial charge in [0.2, 0.25) is 0 Å². The molecule has 10 nitrogen and oxygen atoms in total. The first kappa shape index (κ1) is 25.7. The fourth-order valence-corrected chi connectivity index (χ4v) is 5.10. The number of aromatic nitrogens is 4. The van der Waals surface area contributed by atoms with Gasteiger partial charge in [-0.3, -0.25) is 9.52 Å². The highest BCUT2D eigenvalue weighted by Crippen LogP contribution is 2.35. The summed E-state index contributed by atoms with van der Waals surface area (Å²) in [5.41, 5.74) is 1.20. The maximum atomic E-state index is 14.7. The number of carbonyl (C=O) groups excluding carboxylic acids is 1. The summed E-state index contributed by atoms with van der Waals surface area (Å²) in [4.78, 5) is 13.6. The van der Waals surface area contributed by atoms with Crippen molar-refractivity contribution in [3.8, 4) is 5.75 Å². The smallest absolute Gasteiger partial charge is 0.327 e. The largest absolute Gasteiger partial charge is 0.493 e. The van der Waals surface area contributed by atoms with Gasteiger partial charge in [0.15, 0.2) is 0 Å². The molecule has 4 aromatic rings. The van der Waals surface area contributed by atoms with Crippen LogP contribution in [0.5, 0.6) is 5.75 Å². The molecule has 2 N–H and O–H groups in total. The predicted molar refractivity (Wildman–Crippen MR) is 131 cm³/mol. The molecule has 2 heterocycles. The van der Waals surface area contributed by atoms with Crippen LogP contribution in [0, 0.1) is 5.82 Å². The number of aromatic amines is 1. The van der Waals surface area contributed by atoms with Crippen LogP contribution in [0.25, 0.3) is 10.9 Å². The molecule has 0 saturated heterocycles. The van der Waals surface area contributed by atoms with E-state index in [1.807, 2.05) is 0 Å². The van der Waals surface area contributed by atoms with Crippen LogP contribution in [0.2, 0.25) is 10.0 Å². The van der Waals surface area contributed by atoms with Crippen LogP contribution in [-0.4, -0.2) is 48.1 Å². The van der Waals surface area contributed by atoms with Crippen molar-refractivity contribution in [1.82, 2.24) is 20.0 Å². The van der Waals surface area contributed by atoms with E-state index in [1.165, 1.54) is 36.2 Å². The Morgan fingerprint density at radius 1 is 1.22 bits per heavy atom. The quantitative estimate of drug-likeness (QED) is 0.222. The van der Waals surface area contributed by atoms with E-state index < -0.39 is 26.7 Å². The van der Waals surface area contributed by atoms with Crippen LogP contribution in [0.15, 0.2) is 47.6 Å². The van der Waals surface area contributed by atoms with Crippen LogP contribution in [0.1, 0.15) is 12.1 Å². The maximum absolute atomic E-state index is 14.7. The van der Waals surface area contributed by atoms with Crippen molar-refractivity contribution in [2.45, 2.75) is 24.3 Å². The number of ether oxygens (including phenoxy) is 2. The second-order valence-electron chi connectivity index (χ2n) is 7.61. The van der Waals surface area contributed by atoms with Crippen molar-refractivity contribution in [1.29, 1.82) is 0 Å². The molecule has 4 rings (SSSR count). The number of benzene rings is 2. The fourth-order valence-electron chi connectivity index (χ4n) is 3.41. The summed E-state index contributed by atoms with van der Waals surface area (Å²) < 4.78 is 54.3. The second kappa shape index (κ2) is 10.7. The summed E-state index contributed by atoms with van der Waals surface area (Å²) in [6.07, 6.45) is 4.15. The lowest BCUT2D eigenvalue weighted by molar-refractivity contribution is -0.141. The molecule has 0 fully saturated rings. The van der Waals surface area contributed by atoms with E-state index in [9.17, 15) is 17.6 Å². The van der Waals surface area contributed by atoms with Gasteiger partial charge in [0.05, 0.1) is 40.7 Å². The molecule has 0 aliphatic heterocycles. The van der Waals surface area contributed by atoms with E-state index in [-0.39, 0.29) is 24.6 Å². The van der Waals surface area contributed by atoms with E-state index >= 15 is 0 Å². The molecular formula is C22H20Cl2FN5O5S. The number of hydrogen-bond acceptors (Lipinski definition) is 7. The van der Waals surface area contributed by atoms with Gasteiger partial charge in [-0.1, -0.05) is 28.4 Å². The van der Waals surface area contributed by atoms with Crippen molar-refractivity contribution in [2.24, 2.45) is 0 Å². The minimum Gasteiger partial charge on any atom is -0.493 e. The Labute approximate surface area is 215 Å². The number of fused-ring (bicyclic) bond motifs is 1. The number of carbonyl (C=O) groups is 1. The highest BCUT2D eigenvalue weighted by molar-refractivity contribution is 7.92. The Balaban J connectivity index is 1.37. The number of anilines is 1. The highest BCUT2D eigenvalue weighted by Gasteiger charge is 2.22. The highest BCUT2D eigenvalue weighted by atomic mass is 35.5. The first-order chi connectivity index (χ1) is 17.2. The molecule has 0 saturated carbocycles. The van der Waals surface area contributed by atoms with Gasteiger partial charge in [0.1, 0.15) is 23.0 Å². The van der Waals surface area contributed by atoms with Crippen LogP contribution in [0.4, 0.5) is 10.1 Å². The number of nitrogens with one attached hydrogen (secondary N) is 2. The number of nitrogens with zero attached hydrogens (tertiary/aromatic N) is 3. The number of methoxy groups -OCH3 is 1. The summed E-state index contributed by atoms with van der Waals surface area (Å²) in [5, 5.41) is 8.92. The van der Waals surface area contributed by atoms with Crippen LogP contribution >= 0.6 is 23.2 Å². The summed E-state index contributed by atoms with van der Waals surface area (Å²) in [5.74, 6) is -1.24. The van der Waals surface area contributed by atoms with Crippen molar-refractivity contribution in [3.05, 3.63) is 64.3 Å². The van der Waals surface area contributed by atoms with E-state index in [0.29, 0.717) is 39.5 Å². The molecule has 0 radical (unpaired) electrons. The number of rotatable bonds is 10. The number of H-pyrrole nitrogens is 1. The summed E-state index contributed by atoms with van der Waals surface area (Å²) in [7, 11) is -2.98. The topological polar surface area (TPSA) is 128 Å². The zero-order valence-electron chi connectivity index (χ0n) is 18.8. The average Bonchev–Trinajstić information content (AvgIpc) is 3.45. The van der Waals surface area contributed by atoms with Gasteiger partial charge in [-0.15, -0.1) is 5.10 Å². The lowest BCUT2D eigenvalue weighted by Gasteiger charge is -2.12. The first-order valence-electron chi connectivity index (χ1n) is 10.5. The molecule has 0 atom stereocenters. The van der Waals surface area contributed by atoms with E-state index in [4.69, 9.17) is 27.9 Å². The Morgan fingerprint density at radius 3 is 2.78 bits per heavy atom. The minimum absolute atomic E-state index is 0.0367. The van der Waals surface area contributed by atoms with Crippen LogP contribution < -0.4 is 9.46 Å². The normalized spacial score (nSPS) is 11.6. The number of halogens is 3. The molecule has 2 aromatic carbocycles. The molecule has 14 heteroatoms. The van der Waals surface area contributed by atoms with Crippen molar-refractivity contribution < 1.29 is 27.1 Å². The Kier molecular flexibility index (Phi) is 7.67. The number of aryl methyl sites for hydroxylation is 1. The van der Waals surface area contributed by atoms with E-state index in [1.54, 1.807) is 6.20 Å². The van der Waals surface area contributed by atoms with Gasteiger partial charge in [0.25, 0.3) is 10.0 Å². The molecule has 2 aromatic heterocycles. The van der Waals surface area contributed by atoms with Gasteiger partial charge in [-0.25, -0.2) is 17.5 Å². The molecule has 0 amide bonds. The monoisotopic (exact) mass is 555 g/mol. The summed E-state index contributed by atoms with van der Waals surface area (Å²) in [6, 6.07) is 6.45.